The summed E-state index contributed by atoms with van der Waals surface area (Å²) in [5.74, 6) is -1.40. The first kappa shape index (κ1) is 13.6. The molecule has 0 fully saturated rings. The van der Waals surface area contributed by atoms with Crippen LogP contribution in [0.4, 0.5) is 10.1 Å². The van der Waals surface area contributed by atoms with Gasteiger partial charge in [0.05, 0.1) is 18.4 Å². The van der Waals surface area contributed by atoms with E-state index in [9.17, 15) is 14.0 Å². The molecule has 0 radical (unpaired) electrons. The second kappa shape index (κ2) is 5.91. The molecule has 20 heavy (non-hydrogen) atoms. The van der Waals surface area contributed by atoms with E-state index < -0.39 is 11.8 Å². The van der Waals surface area contributed by atoms with Gasteiger partial charge in [0.25, 0.3) is 0 Å². The van der Waals surface area contributed by atoms with Crippen LogP contribution in [0.1, 0.15) is 10.4 Å². The van der Waals surface area contributed by atoms with Crippen molar-refractivity contribution < 1.29 is 18.7 Å². The molecule has 2 aromatic rings. The minimum atomic E-state index is -0.728. The minimum Gasteiger partial charge on any atom is -0.465 e. The van der Waals surface area contributed by atoms with Crippen molar-refractivity contribution in [3.63, 3.8) is 0 Å². The number of carbonyl (C=O) groups is 1. The van der Waals surface area contributed by atoms with Crippen molar-refractivity contribution in [3.8, 4) is 11.1 Å². The number of methoxy groups -OCH3 is 1. The Hall–Kier alpha value is -2.78. The molecule has 0 saturated carbocycles. The molecule has 0 aromatic heterocycles. The summed E-state index contributed by atoms with van der Waals surface area (Å²) in [6.45, 7) is 0. The van der Waals surface area contributed by atoms with Gasteiger partial charge in [0.1, 0.15) is 5.82 Å². The van der Waals surface area contributed by atoms with Crippen LogP contribution in [0, 0.1) is 5.82 Å². The number of nitrogens with zero attached hydrogens (tertiary/aromatic N) is 1. The molecule has 0 aliphatic rings. The Bertz CT molecular complexity index is 706. The molecule has 0 N–H and O–H groups in total. The Morgan fingerprint density at radius 2 is 1.95 bits per heavy atom. The zero-order chi connectivity index (χ0) is 14.5. The molecular formula is C15H10FNO3. The summed E-state index contributed by atoms with van der Waals surface area (Å²) in [5.41, 5.74) is 1.54. The first-order valence-corrected chi connectivity index (χ1v) is 5.72. The van der Waals surface area contributed by atoms with Crippen molar-refractivity contribution in [3.05, 3.63) is 53.8 Å². The molecule has 2 rings (SSSR count). The lowest BCUT2D eigenvalue weighted by Gasteiger charge is -2.05. The SMILES string of the molecule is COC(=O)c1ccc(-c2cccc(N=C=O)c2)cc1F. The molecule has 5 heteroatoms. The normalized spacial score (nSPS) is 9.70. The van der Waals surface area contributed by atoms with Crippen LogP contribution in [0.15, 0.2) is 47.5 Å². The molecule has 0 amide bonds. The van der Waals surface area contributed by atoms with Gasteiger partial charge in [-0.3, -0.25) is 0 Å². The number of carbonyl (C=O) groups excluding carboxylic acids is 2. The standard InChI is InChI=1S/C15H10FNO3/c1-20-15(19)13-6-5-11(8-14(13)16)10-3-2-4-12(7-10)17-9-18/h2-8H,1H3. The largest absolute Gasteiger partial charge is 0.465 e. The molecule has 0 atom stereocenters. The van der Waals surface area contributed by atoms with E-state index in [0.717, 1.165) is 0 Å². The maximum atomic E-state index is 13.8. The second-order valence-electron chi connectivity index (χ2n) is 3.94. The van der Waals surface area contributed by atoms with E-state index >= 15 is 0 Å². The van der Waals surface area contributed by atoms with Gasteiger partial charge in [0, 0.05) is 0 Å². The Morgan fingerprint density at radius 1 is 1.20 bits per heavy atom. The van der Waals surface area contributed by atoms with Gasteiger partial charge in [-0.2, -0.15) is 4.99 Å². The quantitative estimate of drug-likeness (QED) is 0.489. The van der Waals surface area contributed by atoms with Gasteiger partial charge in [-0.25, -0.2) is 14.0 Å². The minimum absolute atomic E-state index is 0.127. The lowest BCUT2D eigenvalue weighted by molar-refractivity contribution is 0.0595. The lowest BCUT2D eigenvalue weighted by atomic mass is 10.0. The van der Waals surface area contributed by atoms with Crippen LogP contribution in [0.25, 0.3) is 11.1 Å². The maximum Gasteiger partial charge on any atom is 0.340 e. The van der Waals surface area contributed by atoms with E-state index in [0.29, 0.717) is 16.8 Å². The smallest absolute Gasteiger partial charge is 0.340 e. The monoisotopic (exact) mass is 271 g/mol. The molecule has 0 bridgehead atoms. The summed E-state index contributed by atoms with van der Waals surface area (Å²) in [6.07, 6.45) is 1.45. The number of hydrogen-bond acceptors (Lipinski definition) is 4. The van der Waals surface area contributed by atoms with Crippen molar-refractivity contribution in [2.75, 3.05) is 7.11 Å². The van der Waals surface area contributed by atoms with E-state index in [1.165, 1.54) is 25.3 Å². The van der Waals surface area contributed by atoms with Crippen LogP contribution in [0.3, 0.4) is 0 Å². The average molecular weight is 271 g/mol. The Labute approximate surface area is 114 Å². The highest BCUT2D eigenvalue weighted by atomic mass is 19.1. The van der Waals surface area contributed by atoms with Gasteiger partial charge in [-0.05, 0) is 35.4 Å². The number of aliphatic imine (C=N–C) groups is 1. The zero-order valence-corrected chi connectivity index (χ0v) is 10.6. The Kier molecular flexibility index (Phi) is 4.03. The van der Waals surface area contributed by atoms with Gasteiger partial charge >= 0.3 is 5.97 Å². The highest BCUT2D eigenvalue weighted by Gasteiger charge is 2.12. The van der Waals surface area contributed by atoms with Crippen LogP contribution >= 0.6 is 0 Å². The summed E-state index contributed by atoms with van der Waals surface area (Å²) in [5, 5.41) is 0. The first-order valence-electron chi connectivity index (χ1n) is 5.72. The predicted molar refractivity (Wildman–Crippen MR) is 71.0 cm³/mol. The van der Waals surface area contributed by atoms with Crippen LogP contribution in [0.2, 0.25) is 0 Å². The number of rotatable bonds is 3. The number of benzene rings is 2. The lowest BCUT2D eigenvalue weighted by Crippen LogP contribution is -2.04. The van der Waals surface area contributed by atoms with E-state index in [-0.39, 0.29) is 5.56 Å². The maximum absolute atomic E-state index is 13.8. The van der Waals surface area contributed by atoms with Gasteiger partial charge in [-0.15, -0.1) is 0 Å². The molecule has 0 unspecified atom stereocenters. The van der Waals surface area contributed by atoms with E-state index in [1.54, 1.807) is 30.3 Å². The highest BCUT2D eigenvalue weighted by Crippen LogP contribution is 2.25. The van der Waals surface area contributed by atoms with E-state index in [2.05, 4.69) is 9.73 Å². The fraction of sp³-hybridized carbons (Fsp3) is 0.0667. The summed E-state index contributed by atoms with van der Waals surface area (Å²) in [4.78, 5) is 25.0. The third-order valence-corrected chi connectivity index (χ3v) is 2.73. The predicted octanol–water partition coefficient (Wildman–Crippen LogP) is 3.25. The first-order chi connectivity index (χ1) is 9.65. The molecule has 0 spiro atoms. The number of esters is 1. The topological polar surface area (TPSA) is 55.7 Å². The second-order valence-corrected chi connectivity index (χ2v) is 3.94. The van der Waals surface area contributed by atoms with Crippen molar-refractivity contribution in [2.24, 2.45) is 4.99 Å². The molecular weight excluding hydrogens is 261 g/mol. The third-order valence-electron chi connectivity index (χ3n) is 2.73. The molecule has 2 aromatic carbocycles. The van der Waals surface area contributed by atoms with Crippen LogP contribution < -0.4 is 0 Å². The van der Waals surface area contributed by atoms with Gasteiger partial charge in [0.15, 0.2) is 0 Å². The molecule has 0 saturated heterocycles. The van der Waals surface area contributed by atoms with Crippen molar-refractivity contribution in [1.29, 1.82) is 0 Å². The van der Waals surface area contributed by atoms with Crippen molar-refractivity contribution in [2.45, 2.75) is 0 Å². The third kappa shape index (κ3) is 2.79. The summed E-state index contributed by atoms with van der Waals surface area (Å²) < 4.78 is 18.3. The van der Waals surface area contributed by atoms with Crippen LogP contribution in [-0.4, -0.2) is 19.2 Å². The fourth-order valence-corrected chi connectivity index (χ4v) is 1.78. The van der Waals surface area contributed by atoms with Crippen LogP contribution in [0.5, 0.6) is 0 Å². The van der Waals surface area contributed by atoms with Gasteiger partial charge < -0.3 is 4.74 Å². The molecule has 0 aliphatic heterocycles. The molecule has 0 heterocycles. The summed E-state index contributed by atoms with van der Waals surface area (Å²) in [7, 11) is 1.19. The van der Waals surface area contributed by atoms with E-state index in [1.807, 2.05) is 0 Å². The molecule has 0 aliphatic carbocycles. The van der Waals surface area contributed by atoms with Crippen molar-refractivity contribution in [1.82, 2.24) is 0 Å². The van der Waals surface area contributed by atoms with Crippen molar-refractivity contribution >= 4 is 17.7 Å². The highest BCUT2D eigenvalue weighted by molar-refractivity contribution is 5.90. The summed E-state index contributed by atoms with van der Waals surface area (Å²) >= 11 is 0. The van der Waals surface area contributed by atoms with Gasteiger partial charge in [0.2, 0.25) is 6.08 Å². The fourth-order valence-electron chi connectivity index (χ4n) is 1.78. The number of isocyanates is 1. The van der Waals surface area contributed by atoms with E-state index in [4.69, 9.17) is 0 Å². The molecule has 100 valence electrons. The average Bonchev–Trinajstić information content (AvgIpc) is 2.47. The number of ether oxygens (including phenoxy) is 1. The summed E-state index contributed by atoms with van der Waals surface area (Å²) in [6, 6.07) is 10.9. The Morgan fingerprint density at radius 3 is 2.60 bits per heavy atom. The number of halogens is 1. The van der Waals surface area contributed by atoms with Gasteiger partial charge in [-0.1, -0.05) is 18.2 Å². The Balaban J connectivity index is 2.44. The zero-order valence-electron chi connectivity index (χ0n) is 10.6. The number of hydrogen-bond donors (Lipinski definition) is 0. The molecule has 4 nitrogen and oxygen atoms in total. The van der Waals surface area contributed by atoms with Crippen LogP contribution in [-0.2, 0) is 9.53 Å².